The van der Waals surface area contributed by atoms with Gasteiger partial charge in [0.05, 0.1) is 33.8 Å². The van der Waals surface area contributed by atoms with Gasteiger partial charge in [-0.3, -0.25) is 9.69 Å². The second kappa shape index (κ2) is 10.7. The monoisotopic (exact) mass is 536 g/mol. The largest absolute Gasteiger partial charge is 0.493 e. The third-order valence-corrected chi connectivity index (χ3v) is 6.59. The number of thioether (sulfide) groups is 1. The molecule has 1 fully saturated rings. The van der Waals surface area contributed by atoms with Crippen LogP contribution in [0.5, 0.6) is 5.75 Å². The lowest BCUT2D eigenvalue weighted by Gasteiger charge is -2.16. The molecule has 4 rings (SSSR count). The van der Waals surface area contributed by atoms with E-state index in [4.69, 9.17) is 14.8 Å². The summed E-state index contributed by atoms with van der Waals surface area (Å²) in [5.41, 5.74) is 2.61. The summed E-state index contributed by atoms with van der Waals surface area (Å²) < 4.78 is 6.38. The first-order chi connectivity index (χ1) is 16.4. The van der Waals surface area contributed by atoms with Crippen LogP contribution in [-0.2, 0) is 11.3 Å². The Hall–Kier alpha value is -3.36. The number of ether oxygens (including phenoxy) is 1. The molecule has 172 valence electrons. The average Bonchev–Trinajstić information content (AvgIpc) is 3.10. The van der Waals surface area contributed by atoms with E-state index in [-0.39, 0.29) is 18.0 Å². The molecule has 1 aliphatic heterocycles. The molecule has 1 amide bonds. The van der Waals surface area contributed by atoms with Gasteiger partial charge in [-0.2, -0.15) is 0 Å². The van der Waals surface area contributed by atoms with Gasteiger partial charge in [0.15, 0.2) is 5.17 Å². The van der Waals surface area contributed by atoms with E-state index in [1.807, 2.05) is 61.5 Å². The van der Waals surface area contributed by atoms with Crippen LogP contribution in [0.2, 0.25) is 0 Å². The van der Waals surface area contributed by atoms with E-state index in [0.29, 0.717) is 16.7 Å². The second-order valence-corrected chi connectivity index (χ2v) is 9.22. The fourth-order valence-electron chi connectivity index (χ4n) is 3.31. The van der Waals surface area contributed by atoms with E-state index in [1.165, 1.54) is 23.9 Å². The summed E-state index contributed by atoms with van der Waals surface area (Å²) in [6.07, 6.45) is 1.83. The zero-order valence-corrected chi connectivity index (χ0v) is 20.7. The Morgan fingerprint density at radius 3 is 2.50 bits per heavy atom. The number of hydrogen-bond acceptors (Lipinski definition) is 5. The summed E-state index contributed by atoms with van der Waals surface area (Å²) in [6, 6.07) is 21.6. The third kappa shape index (κ3) is 5.58. The SMILES string of the molecule is CCOc1ccc(/C=C2\SC(=Nc3ccccc3)N(Cc3ccc(C(=O)O)cc3)C2=O)cc1Br. The average molecular weight is 537 g/mol. The maximum atomic E-state index is 13.4. The Balaban J connectivity index is 1.66. The fourth-order valence-corrected chi connectivity index (χ4v) is 4.82. The molecule has 8 heteroatoms. The van der Waals surface area contributed by atoms with Crippen LogP contribution >= 0.6 is 27.7 Å². The van der Waals surface area contributed by atoms with Crippen molar-refractivity contribution < 1.29 is 19.4 Å². The molecule has 0 aromatic heterocycles. The molecule has 0 unspecified atom stereocenters. The van der Waals surface area contributed by atoms with Crippen LogP contribution < -0.4 is 4.74 Å². The number of halogens is 1. The van der Waals surface area contributed by atoms with Gasteiger partial charge in [-0.1, -0.05) is 36.4 Å². The van der Waals surface area contributed by atoms with Crippen molar-refractivity contribution in [2.24, 2.45) is 4.99 Å². The number of carbonyl (C=O) groups excluding carboxylic acids is 1. The van der Waals surface area contributed by atoms with Gasteiger partial charge in [-0.05, 0) is 88.2 Å². The molecule has 0 bridgehead atoms. The predicted molar refractivity (Wildman–Crippen MR) is 138 cm³/mol. The molecule has 1 heterocycles. The van der Waals surface area contributed by atoms with Gasteiger partial charge >= 0.3 is 5.97 Å². The van der Waals surface area contributed by atoms with Gasteiger partial charge in [-0.15, -0.1) is 0 Å². The number of aromatic carboxylic acids is 1. The van der Waals surface area contributed by atoms with Crippen molar-refractivity contribution >= 4 is 56.5 Å². The Bertz CT molecular complexity index is 1270. The van der Waals surface area contributed by atoms with Crippen molar-refractivity contribution in [3.63, 3.8) is 0 Å². The predicted octanol–water partition coefficient (Wildman–Crippen LogP) is 6.35. The Morgan fingerprint density at radius 2 is 1.85 bits per heavy atom. The van der Waals surface area contributed by atoms with Gasteiger partial charge in [0.25, 0.3) is 5.91 Å². The van der Waals surface area contributed by atoms with Crippen LogP contribution in [-0.4, -0.2) is 33.7 Å². The molecule has 1 saturated heterocycles. The summed E-state index contributed by atoms with van der Waals surface area (Å²) >= 11 is 4.83. The molecular weight excluding hydrogens is 516 g/mol. The van der Waals surface area contributed by atoms with E-state index in [1.54, 1.807) is 17.0 Å². The number of para-hydroxylation sites is 1. The highest BCUT2D eigenvalue weighted by Crippen LogP contribution is 2.36. The lowest BCUT2D eigenvalue weighted by atomic mass is 10.1. The van der Waals surface area contributed by atoms with Crippen molar-refractivity contribution in [1.29, 1.82) is 0 Å². The topological polar surface area (TPSA) is 79.2 Å². The summed E-state index contributed by atoms with van der Waals surface area (Å²) in [4.78, 5) is 31.4. The van der Waals surface area contributed by atoms with Crippen molar-refractivity contribution in [3.8, 4) is 5.75 Å². The molecule has 6 nitrogen and oxygen atoms in total. The van der Waals surface area contributed by atoms with Crippen molar-refractivity contribution in [1.82, 2.24) is 4.90 Å². The molecule has 0 spiro atoms. The summed E-state index contributed by atoms with van der Waals surface area (Å²) in [6.45, 7) is 2.77. The molecule has 0 aliphatic carbocycles. The zero-order chi connectivity index (χ0) is 24.1. The number of aliphatic imine (C=N–C) groups is 1. The molecular formula is C26H21BrN2O4S. The minimum atomic E-state index is -0.989. The van der Waals surface area contributed by atoms with E-state index < -0.39 is 5.97 Å². The molecule has 1 aliphatic rings. The number of nitrogens with zero attached hydrogens (tertiary/aromatic N) is 2. The van der Waals surface area contributed by atoms with Crippen molar-refractivity contribution in [3.05, 3.63) is 98.9 Å². The number of benzene rings is 3. The van der Waals surface area contributed by atoms with Crippen LogP contribution in [0.25, 0.3) is 6.08 Å². The lowest BCUT2D eigenvalue weighted by molar-refractivity contribution is -0.122. The molecule has 34 heavy (non-hydrogen) atoms. The fraction of sp³-hybridized carbons (Fsp3) is 0.115. The number of carbonyl (C=O) groups is 2. The minimum Gasteiger partial charge on any atom is -0.493 e. The number of carboxylic acids is 1. The quantitative estimate of drug-likeness (QED) is 0.356. The van der Waals surface area contributed by atoms with Gasteiger partial charge < -0.3 is 9.84 Å². The van der Waals surface area contributed by atoms with E-state index in [0.717, 1.165) is 27.0 Å². The normalized spacial score (nSPS) is 15.8. The zero-order valence-electron chi connectivity index (χ0n) is 18.3. The maximum Gasteiger partial charge on any atom is 0.335 e. The summed E-state index contributed by atoms with van der Waals surface area (Å²) in [5.74, 6) is -0.405. The van der Waals surface area contributed by atoms with Gasteiger partial charge in [0.1, 0.15) is 5.75 Å². The number of amidine groups is 1. The summed E-state index contributed by atoms with van der Waals surface area (Å²) in [5, 5.41) is 9.71. The maximum absolute atomic E-state index is 13.4. The number of carboxylic acid groups (broad SMARTS) is 1. The van der Waals surface area contributed by atoms with Gasteiger partial charge in [-0.25, -0.2) is 9.79 Å². The highest BCUT2D eigenvalue weighted by Gasteiger charge is 2.33. The standard InChI is InChI=1S/C26H21BrN2O4S/c1-2-33-22-13-10-18(14-21(22)27)15-23-24(30)29(16-17-8-11-19(12-9-17)25(31)32)26(34-23)28-20-6-4-3-5-7-20/h3-15H,2,16H2,1H3,(H,31,32)/b23-15-,28-26?. The highest BCUT2D eigenvalue weighted by atomic mass is 79.9. The first kappa shape index (κ1) is 23.8. The third-order valence-electron chi connectivity index (χ3n) is 4.96. The van der Waals surface area contributed by atoms with Crippen LogP contribution in [0.1, 0.15) is 28.4 Å². The highest BCUT2D eigenvalue weighted by molar-refractivity contribution is 9.10. The van der Waals surface area contributed by atoms with Gasteiger partial charge in [0, 0.05) is 0 Å². The van der Waals surface area contributed by atoms with Crippen LogP contribution in [0, 0.1) is 0 Å². The first-order valence-corrected chi connectivity index (χ1v) is 12.2. The molecule has 0 saturated carbocycles. The van der Waals surface area contributed by atoms with E-state index in [9.17, 15) is 9.59 Å². The van der Waals surface area contributed by atoms with E-state index in [2.05, 4.69) is 15.9 Å². The van der Waals surface area contributed by atoms with E-state index >= 15 is 0 Å². The second-order valence-electron chi connectivity index (χ2n) is 7.36. The first-order valence-electron chi connectivity index (χ1n) is 10.5. The summed E-state index contributed by atoms with van der Waals surface area (Å²) in [7, 11) is 0. The van der Waals surface area contributed by atoms with Crippen molar-refractivity contribution in [2.45, 2.75) is 13.5 Å². The molecule has 0 atom stereocenters. The van der Waals surface area contributed by atoms with Crippen molar-refractivity contribution in [2.75, 3.05) is 6.61 Å². The lowest BCUT2D eigenvalue weighted by Crippen LogP contribution is -2.28. The number of rotatable bonds is 7. The Kier molecular flexibility index (Phi) is 7.49. The van der Waals surface area contributed by atoms with Crippen LogP contribution in [0.4, 0.5) is 5.69 Å². The Morgan fingerprint density at radius 1 is 1.12 bits per heavy atom. The number of hydrogen-bond donors (Lipinski definition) is 1. The number of amides is 1. The Labute approximate surface area is 210 Å². The molecule has 3 aromatic rings. The minimum absolute atomic E-state index is 0.160. The van der Waals surface area contributed by atoms with Crippen LogP contribution in [0.3, 0.4) is 0 Å². The molecule has 3 aromatic carbocycles. The molecule has 1 N–H and O–H groups in total. The van der Waals surface area contributed by atoms with Crippen LogP contribution in [0.15, 0.2) is 87.2 Å². The van der Waals surface area contributed by atoms with Gasteiger partial charge in [0.2, 0.25) is 0 Å². The molecule has 0 radical (unpaired) electrons. The smallest absolute Gasteiger partial charge is 0.335 e.